The molecule has 124 valence electrons. The van der Waals surface area contributed by atoms with Crippen LogP contribution in [0.5, 0.6) is 0 Å². The van der Waals surface area contributed by atoms with E-state index in [1.165, 1.54) is 11.3 Å². The Kier molecular flexibility index (Phi) is 6.71. The van der Waals surface area contributed by atoms with E-state index in [0.717, 1.165) is 36.4 Å². The molecule has 0 unspecified atom stereocenters. The Bertz CT molecular complexity index is 648. The van der Waals surface area contributed by atoms with Crippen molar-refractivity contribution in [2.24, 2.45) is 12.0 Å². The van der Waals surface area contributed by atoms with Gasteiger partial charge in [-0.15, -0.1) is 0 Å². The van der Waals surface area contributed by atoms with Crippen molar-refractivity contribution in [3.63, 3.8) is 0 Å². The Morgan fingerprint density at radius 2 is 2.13 bits per heavy atom. The van der Waals surface area contributed by atoms with Gasteiger partial charge in [0.05, 0.1) is 6.54 Å². The Hall–Kier alpha value is -1.75. The van der Waals surface area contributed by atoms with Crippen LogP contribution in [0.15, 0.2) is 52.1 Å². The molecular formula is C18H25BrN4. The first-order valence-electron chi connectivity index (χ1n) is 7.86. The summed E-state index contributed by atoms with van der Waals surface area (Å²) in [5, 5.41) is 3.44. The molecule has 2 rings (SSSR count). The highest BCUT2D eigenvalue weighted by atomic mass is 79.9. The lowest BCUT2D eigenvalue weighted by atomic mass is 10.1. The zero-order valence-corrected chi connectivity index (χ0v) is 15.7. The van der Waals surface area contributed by atoms with Gasteiger partial charge in [-0.1, -0.05) is 28.1 Å². The summed E-state index contributed by atoms with van der Waals surface area (Å²) in [6, 6.07) is 12.7. The van der Waals surface area contributed by atoms with Crippen LogP contribution in [0.4, 0.5) is 0 Å². The van der Waals surface area contributed by atoms with Gasteiger partial charge in [-0.05, 0) is 42.7 Å². The maximum atomic E-state index is 4.37. The minimum Gasteiger partial charge on any atom is -0.356 e. The van der Waals surface area contributed by atoms with E-state index in [0.29, 0.717) is 0 Å². The molecule has 0 spiro atoms. The molecule has 0 aliphatic carbocycles. The molecule has 1 N–H and O–H groups in total. The first-order valence-corrected chi connectivity index (χ1v) is 8.66. The molecule has 1 aromatic heterocycles. The number of hydrogen-bond acceptors (Lipinski definition) is 1. The molecule has 1 heterocycles. The number of aliphatic imine (C=N–C) groups is 1. The maximum absolute atomic E-state index is 4.37. The van der Waals surface area contributed by atoms with Gasteiger partial charge in [0.1, 0.15) is 0 Å². The fourth-order valence-electron chi connectivity index (χ4n) is 2.55. The fourth-order valence-corrected chi connectivity index (χ4v) is 3.00. The average molecular weight is 377 g/mol. The second-order valence-electron chi connectivity index (χ2n) is 5.67. The number of nitrogens with one attached hydrogen (secondary N) is 1. The number of rotatable bonds is 6. The van der Waals surface area contributed by atoms with Gasteiger partial charge in [0, 0.05) is 44.1 Å². The van der Waals surface area contributed by atoms with Crippen molar-refractivity contribution < 1.29 is 0 Å². The molecule has 0 atom stereocenters. The molecule has 0 amide bonds. The van der Waals surface area contributed by atoms with Crippen LogP contribution in [0, 0.1) is 0 Å². The molecule has 0 aliphatic rings. The van der Waals surface area contributed by atoms with Gasteiger partial charge in [0.25, 0.3) is 0 Å². The van der Waals surface area contributed by atoms with Crippen LogP contribution in [0.2, 0.25) is 0 Å². The lowest BCUT2D eigenvalue weighted by Crippen LogP contribution is -2.39. The number of guanidine groups is 1. The minimum absolute atomic E-state index is 0.842. The summed E-state index contributed by atoms with van der Waals surface area (Å²) >= 11 is 3.52. The van der Waals surface area contributed by atoms with E-state index in [9.17, 15) is 0 Å². The average Bonchev–Trinajstić information content (AvgIpc) is 2.92. The van der Waals surface area contributed by atoms with E-state index < -0.39 is 0 Å². The highest BCUT2D eigenvalue weighted by Gasteiger charge is 2.07. The van der Waals surface area contributed by atoms with Gasteiger partial charge in [-0.25, -0.2) is 0 Å². The third kappa shape index (κ3) is 5.43. The summed E-state index contributed by atoms with van der Waals surface area (Å²) in [6.45, 7) is 1.76. The van der Waals surface area contributed by atoms with Gasteiger partial charge in [-0.3, -0.25) is 4.99 Å². The van der Waals surface area contributed by atoms with Crippen molar-refractivity contribution in [3.05, 3.63) is 58.3 Å². The largest absolute Gasteiger partial charge is 0.356 e. The van der Waals surface area contributed by atoms with Gasteiger partial charge in [-0.2, -0.15) is 0 Å². The van der Waals surface area contributed by atoms with Crippen molar-refractivity contribution in [2.45, 2.75) is 19.4 Å². The molecule has 0 saturated carbocycles. The zero-order valence-electron chi connectivity index (χ0n) is 14.1. The molecule has 0 saturated heterocycles. The van der Waals surface area contributed by atoms with Crippen LogP contribution in [0.1, 0.15) is 17.7 Å². The first-order chi connectivity index (χ1) is 11.1. The number of benzene rings is 1. The fraction of sp³-hybridized carbons (Fsp3) is 0.389. The highest BCUT2D eigenvalue weighted by Crippen LogP contribution is 2.12. The summed E-state index contributed by atoms with van der Waals surface area (Å²) in [4.78, 5) is 6.52. The normalized spacial score (nSPS) is 11.6. The molecular weight excluding hydrogens is 352 g/mol. The second-order valence-corrected chi connectivity index (χ2v) is 6.59. The predicted molar refractivity (Wildman–Crippen MR) is 101 cm³/mol. The van der Waals surface area contributed by atoms with Gasteiger partial charge < -0.3 is 14.8 Å². The van der Waals surface area contributed by atoms with E-state index in [1.807, 2.05) is 7.05 Å². The van der Waals surface area contributed by atoms with E-state index >= 15 is 0 Å². The van der Waals surface area contributed by atoms with E-state index in [2.05, 4.69) is 92.4 Å². The number of aromatic nitrogens is 1. The van der Waals surface area contributed by atoms with Gasteiger partial charge in [0.15, 0.2) is 5.96 Å². The summed E-state index contributed by atoms with van der Waals surface area (Å²) < 4.78 is 3.28. The summed E-state index contributed by atoms with van der Waals surface area (Å²) in [7, 11) is 5.96. The van der Waals surface area contributed by atoms with Crippen molar-refractivity contribution in [1.82, 2.24) is 14.8 Å². The summed E-state index contributed by atoms with van der Waals surface area (Å²) in [5.41, 5.74) is 2.62. The smallest absolute Gasteiger partial charge is 0.193 e. The third-order valence-corrected chi connectivity index (χ3v) is 4.33. The second kappa shape index (κ2) is 8.77. The van der Waals surface area contributed by atoms with E-state index in [1.54, 1.807) is 0 Å². The maximum Gasteiger partial charge on any atom is 0.193 e. The van der Waals surface area contributed by atoms with E-state index in [4.69, 9.17) is 0 Å². The monoisotopic (exact) mass is 376 g/mol. The van der Waals surface area contributed by atoms with Crippen LogP contribution >= 0.6 is 15.9 Å². The van der Waals surface area contributed by atoms with Crippen molar-refractivity contribution in [1.29, 1.82) is 0 Å². The van der Waals surface area contributed by atoms with Crippen molar-refractivity contribution in [2.75, 3.05) is 20.6 Å². The molecule has 1 aromatic carbocycles. The number of nitrogens with zero attached hydrogens (tertiary/aromatic N) is 3. The summed E-state index contributed by atoms with van der Waals surface area (Å²) in [6.07, 6.45) is 4.20. The van der Waals surface area contributed by atoms with E-state index in [-0.39, 0.29) is 0 Å². The van der Waals surface area contributed by atoms with Crippen LogP contribution < -0.4 is 5.32 Å². The quantitative estimate of drug-likeness (QED) is 0.475. The molecule has 23 heavy (non-hydrogen) atoms. The number of halogens is 1. The van der Waals surface area contributed by atoms with Crippen LogP contribution in [0.25, 0.3) is 0 Å². The standard InChI is InChI=1S/C18H25BrN4/c1-20-18(23(3)14-17-10-6-12-22(17)2)21-11-5-8-15-7-4-9-16(19)13-15/h4,6-7,9-10,12-13H,5,8,11,14H2,1-3H3,(H,20,21). The topological polar surface area (TPSA) is 32.6 Å². The van der Waals surface area contributed by atoms with Crippen molar-refractivity contribution >= 4 is 21.9 Å². The Labute approximate surface area is 147 Å². The molecule has 2 aromatic rings. The molecule has 0 aliphatic heterocycles. The summed E-state index contributed by atoms with van der Waals surface area (Å²) in [5.74, 6) is 0.931. The third-order valence-electron chi connectivity index (χ3n) is 3.84. The zero-order chi connectivity index (χ0) is 16.7. The first kappa shape index (κ1) is 17.6. The van der Waals surface area contributed by atoms with Gasteiger partial charge in [0.2, 0.25) is 0 Å². The Morgan fingerprint density at radius 3 is 2.78 bits per heavy atom. The Balaban J connectivity index is 1.77. The molecule has 5 heteroatoms. The lowest BCUT2D eigenvalue weighted by Gasteiger charge is -2.22. The van der Waals surface area contributed by atoms with Crippen LogP contribution in [0.3, 0.4) is 0 Å². The van der Waals surface area contributed by atoms with Crippen LogP contribution in [-0.4, -0.2) is 36.1 Å². The SMILES string of the molecule is CN=C(NCCCc1cccc(Br)c1)N(C)Cc1cccn1C. The molecule has 0 bridgehead atoms. The highest BCUT2D eigenvalue weighted by molar-refractivity contribution is 9.10. The molecule has 4 nitrogen and oxygen atoms in total. The van der Waals surface area contributed by atoms with Crippen LogP contribution in [-0.2, 0) is 20.0 Å². The predicted octanol–water partition coefficient (Wildman–Crippen LogP) is 3.43. The minimum atomic E-state index is 0.842. The number of aryl methyl sites for hydroxylation is 2. The lowest BCUT2D eigenvalue weighted by molar-refractivity contribution is 0.461. The Morgan fingerprint density at radius 1 is 1.30 bits per heavy atom. The number of hydrogen-bond donors (Lipinski definition) is 1. The molecule has 0 fully saturated rings. The molecule has 0 radical (unpaired) electrons. The van der Waals surface area contributed by atoms with Crippen molar-refractivity contribution in [3.8, 4) is 0 Å². The van der Waals surface area contributed by atoms with Gasteiger partial charge >= 0.3 is 0 Å².